The maximum absolute atomic E-state index is 13.5. The van der Waals surface area contributed by atoms with Crippen molar-refractivity contribution in [3.05, 3.63) is 48.0 Å². The van der Waals surface area contributed by atoms with Crippen molar-refractivity contribution in [1.29, 1.82) is 0 Å². The van der Waals surface area contributed by atoms with Crippen LogP contribution in [-0.4, -0.2) is 68.7 Å². The molecule has 0 aliphatic heterocycles. The van der Waals surface area contributed by atoms with E-state index >= 15 is 0 Å². The van der Waals surface area contributed by atoms with E-state index in [1.807, 2.05) is 36.4 Å². The fraction of sp³-hybridized carbons (Fsp3) is 0.618. The van der Waals surface area contributed by atoms with Gasteiger partial charge in [0.1, 0.15) is 17.9 Å². The minimum atomic E-state index is -1.28. The molecule has 10 heteroatoms. The maximum atomic E-state index is 13.5. The Balaban J connectivity index is 2.36. The fourth-order valence-electron chi connectivity index (χ4n) is 5.81. The van der Waals surface area contributed by atoms with E-state index in [1.165, 1.54) is 14.0 Å². The van der Waals surface area contributed by atoms with Crippen LogP contribution >= 0.6 is 0 Å². The van der Waals surface area contributed by atoms with Crippen molar-refractivity contribution in [2.75, 3.05) is 26.9 Å². The molecule has 1 aromatic carbocycles. The molecular formula is C34H49NO9. The first-order valence-corrected chi connectivity index (χ1v) is 15.7. The van der Waals surface area contributed by atoms with Crippen LogP contribution in [0.25, 0.3) is 0 Å². The van der Waals surface area contributed by atoms with Crippen LogP contribution in [0.1, 0.15) is 71.8 Å². The van der Waals surface area contributed by atoms with Gasteiger partial charge in [0.15, 0.2) is 5.92 Å². The summed E-state index contributed by atoms with van der Waals surface area (Å²) in [6.07, 6.45) is 7.26. The number of hydrogen-bond donors (Lipinski definition) is 1. The number of unbranched alkanes of at least 4 members (excludes halogenated alkanes) is 2. The molecule has 0 amide bonds. The number of Topliss-reactive ketones (excluding diaryl/α,β-unsaturated/α-hetero) is 1. The number of rotatable bonds is 19. The molecular weight excluding hydrogens is 566 g/mol. The molecule has 0 bridgehead atoms. The number of ketones is 1. The van der Waals surface area contributed by atoms with Crippen LogP contribution in [-0.2, 0) is 49.3 Å². The molecule has 2 unspecified atom stereocenters. The predicted octanol–water partition coefficient (Wildman–Crippen LogP) is 4.38. The summed E-state index contributed by atoms with van der Waals surface area (Å²) in [6, 6.07) is 8.92. The minimum absolute atomic E-state index is 0.0134. The average Bonchev–Trinajstić information content (AvgIpc) is 3.29. The van der Waals surface area contributed by atoms with Gasteiger partial charge in [-0.2, -0.15) is 0 Å². The summed E-state index contributed by atoms with van der Waals surface area (Å²) in [4.78, 5) is 64.0. The Bertz CT molecular complexity index is 1090. The second-order valence-corrected chi connectivity index (χ2v) is 11.0. The molecule has 5 atom stereocenters. The van der Waals surface area contributed by atoms with Gasteiger partial charge in [0.2, 0.25) is 0 Å². The zero-order valence-electron chi connectivity index (χ0n) is 26.8. The Morgan fingerprint density at radius 2 is 1.64 bits per heavy atom. The van der Waals surface area contributed by atoms with Gasteiger partial charge in [-0.25, -0.2) is 0 Å². The van der Waals surface area contributed by atoms with E-state index in [0.29, 0.717) is 25.8 Å². The molecule has 0 radical (unpaired) electrons. The number of hydrogen-bond acceptors (Lipinski definition) is 10. The van der Waals surface area contributed by atoms with Gasteiger partial charge in [-0.15, -0.1) is 0 Å². The molecule has 1 aliphatic carbocycles. The van der Waals surface area contributed by atoms with Crippen molar-refractivity contribution in [2.24, 2.45) is 23.7 Å². The number of nitrogens with one attached hydrogen (secondary N) is 1. The lowest BCUT2D eigenvalue weighted by Gasteiger charge is -2.27. The quantitative estimate of drug-likeness (QED) is 0.0785. The SMILES string of the molecule is CCCCC[C@@H](/C=C/C1C(C(C(=O)OCC)C(=O)OCC)CC(=O)[C@@H]1CCN[C@@H](Cc1ccccc1)C(=O)OC)OC(C)=O. The van der Waals surface area contributed by atoms with Crippen LogP contribution in [0.15, 0.2) is 42.5 Å². The molecule has 0 saturated heterocycles. The van der Waals surface area contributed by atoms with E-state index in [2.05, 4.69) is 12.2 Å². The van der Waals surface area contributed by atoms with E-state index in [1.54, 1.807) is 19.9 Å². The summed E-state index contributed by atoms with van der Waals surface area (Å²) >= 11 is 0. The van der Waals surface area contributed by atoms with E-state index in [-0.39, 0.29) is 25.4 Å². The molecule has 1 saturated carbocycles. The van der Waals surface area contributed by atoms with Crippen LogP contribution in [0.3, 0.4) is 0 Å². The van der Waals surface area contributed by atoms with Crippen LogP contribution in [0, 0.1) is 23.7 Å². The van der Waals surface area contributed by atoms with E-state index in [4.69, 9.17) is 18.9 Å². The molecule has 44 heavy (non-hydrogen) atoms. The van der Waals surface area contributed by atoms with Gasteiger partial charge in [-0.05, 0) is 69.6 Å². The Morgan fingerprint density at radius 1 is 0.977 bits per heavy atom. The molecule has 244 valence electrons. The van der Waals surface area contributed by atoms with Gasteiger partial charge in [0, 0.05) is 19.3 Å². The standard InChI is InChI=1S/C34H49NO9/c1-6-9-11-16-25(44-23(4)36)17-18-26-27(19-20-35-29(32(38)41-5)21-24-14-12-10-13-15-24)30(37)22-28(26)31(33(39)42-7-2)34(40)43-8-3/h10,12-15,17-18,25-29,31,35H,6-9,11,16,19-22H2,1-5H3/b18-17+/t25-,26?,27+,28?,29-/m0/s1. The Kier molecular flexibility index (Phi) is 16.4. The monoisotopic (exact) mass is 615 g/mol. The topological polar surface area (TPSA) is 134 Å². The van der Waals surface area contributed by atoms with Crippen LogP contribution in [0.2, 0.25) is 0 Å². The highest BCUT2D eigenvalue weighted by Gasteiger charge is 2.50. The second-order valence-electron chi connectivity index (χ2n) is 11.0. The van der Waals surface area contributed by atoms with Gasteiger partial charge >= 0.3 is 23.9 Å². The molecule has 1 aliphatic rings. The summed E-state index contributed by atoms with van der Waals surface area (Å²) in [6.45, 7) is 7.20. The van der Waals surface area contributed by atoms with E-state index in [0.717, 1.165) is 24.8 Å². The zero-order chi connectivity index (χ0) is 32.5. The maximum Gasteiger partial charge on any atom is 0.323 e. The first-order valence-electron chi connectivity index (χ1n) is 15.7. The van der Waals surface area contributed by atoms with Crippen LogP contribution in [0.4, 0.5) is 0 Å². The Morgan fingerprint density at radius 3 is 2.20 bits per heavy atom. The smallest absolute Gasteiger partial charge is 0.323 e. The molecule has 0 aromatic heterocycles. The number of carbonyl (C=O) groups is 5. The Hall–Kier alpha value is -3.53. The van der Waals surface area contributed by atoms with Crippen molar-refractivity contribution in [3.63, 3.8) is 0 Å². The number of esters is 4. The lowest BCUT2D eigenvalue weighted by molar-refractivity contribution is -0.165. The molecule has 1 fully saturated rings. The van der Waals surface area contributed by atoms with Gasteiger partial charge in [0.25, 0.3) is 0 Å². The second kappa shape index (κ2) is 19.7. The van der Waals surface area contributed by atoms with Gasteiger partial charge < -0.3 is 24.3 Å². The Labute approximate surface area is 261 Å². The van der Waals surface area contributed by atoms with Gasteiger partial charge in [0.05, 0.1) is 20.3 Å². The van der Waals surface area contributed by atoms with Crippen LogP contribution in [0.5, 0.6) is 0 Å². The van der Waals surface area contributed by atoms with Gasteiger partial charge in [-0.3, -0.25) is 24.0 Å². The lowest BCUT2D eigenvalue weighted by atomic mass is 9.79. The zero-order valence-corrected chi connectivity index (χ0v) is 26.8. The molecule has 0 spiro atoms. The molecule has 0 heterocycles. The summed E-state index contributed by atoms with van der Waals surface area (Å²) in [7, 11) is 1.33. The first-order chi connectivity index (χ1) is 21.2. The number of benzene rings is 1. The highest BCUT2D eigenvalue weighted by atomic mass is 16.6. The summed E-state index contributed by atoms with van der Waals surface area (Å²) in [5.41, 5.74) is 0.958. The number of carbonyl (C=O) groups excluding carboxylic acids is 5. The van der Waals surface area contributed by atoms with E-state index in [9.17, 15) is 24.0 Å². The third-order valence-corrected chi connectivity index (χ3v) is 7.89. The normalized spacial score (nSPS) is 19.5. The number of allylic oxidation sites excluding steroid dienone is 1. The highest BCUT2D eigenvalue weighted by molar-refractivity contribution is 5.97. The summed E-state index contributed by atoms with van der Waals surface area (Å²) < 4.78 is 21.0. The van der Waals surface area contributed by atoms with Gasteiger partial charge in [-0.1, -0.05) is 56.2 Å². The molecule has 2 rings (SSSR count). The predicted molar refractivity (Wildman–Crippen MR) is 164 cm³/mol. The summed E-state index contributed by atoms with van der Waals surface area (Å²) in [5.74, 6) is -5.45. The van der Waals surface area contributed by atoms with E-state index < -0.39 is 59.7 Å². The highest BCUT2D eigenvalue weighted by Crippen LogP contribution is 2.43. The molecule has 1 aromatic rings. The van der Waals surface area contributed by atoms with Crippen LogP contribution < -0.4 is 5.32 Å². The third-order valence-electron chi connectivity index (χ3n) is 7.89. The molecule has 10 nitrogen and oxygen atoms in total. The fourth-order valence-corrected chi connectivity index (χ4v) is 5.81. The summed E-state index contributed by atoms with van der Waals surface area (Å²) in [5, 5.41) is 3.24. The lowest BCUT2D eigenvalue weighted by Crippen LogP contribution is -2.41. The number of ether oxygens (including phenoxy) is 4. The van der Waals surface area contributed by atoms with Crippen molar-refractivity contribution >= 4 is 29.7 Å². The average molecular weight is 616 g/mol. The van der Waals surface area contributed by atoms with Crippen molar-refractivity contribution < 1.29 is 42.9 Å². The third kappa shape index (κ3) is 11.5. The largest absolute Gasteiger partial charge is 0.468 e. The molecule has 1 N–H and O–H groups in total. The minimum Gasteiger partial charge on any atom is -0.468 e. The van der Waals surface area contributed by atoms with Crippen molar-refractivity contribution in [2.45, 2.75) is 84.8 Å². The first kappa shape index (κ1) is 36.7. The van der Waals surface area contributed by atoms with Crippen molar-refractivity contribution in [1.82, 2.24) is 5.32 Å². The van der Waals surface area contributed by atoms with Crippen molar-refractivity contribution in [3.8, 4) is 0 Å². The number of methoxy groups -OCH3 is 1.